The van der Waals surface area contributed by atoms with Crippen molar-refractivity contribution in [1.29, 1.82) is 0 Å². The monoisotopic (exact) mass is 307 g/mol. The third kappa shape index (κ3) is 4.81. The van der Waals surface area contributed by atoms with Crippen molar-refractivity contribution in [3.8, 4) is 0 Å². The topological polar surface area (TPSA) is 58.6 Å². The minimum absolute atomic E-state index is 0.101. The molecule has 0 saturated heterocycles. The summed E-state index contributed by atoms with van der Waals surface area (Å²) in [6.45, 7) is 4.50. The van der Waals surface area contributed by atoms with Gasteiger partial charge in [-0.05, 0) is 31.4 Å². The van der Waals surface area contributed by atoms with Gasteiger partial charge in [-0.1, -0.05) is 18.2 Å². The van der Waals surface area contributed by atoms with Crippen molar-refractivity contribution < 1.29 is 14.6 Å². The number of thiophene rings is 1. The van der Waals surface area contributed by atoms with Crippen LogP contribution in [0.25, 0.3) is 10.1 Å². The van der Waals surface area contributed by atoms with E-state index in [0.29, 0.717) is 13.0 Å². The van der Waals surface area contributed by atoms with Crippen LogP contribution in [0.3, 0.4) is 0 Å². The second-order valence-electron chi connectivity index (χ2n) is 5.18. The second-order valence-corrected chi connectivity index (χ2v) is 6.29. The number of aliphatic hydroxyl groups excluding tert-OH is 1. The van der Waals surface area contributed by atoms with Gasteiger partial charge in [-0.25, -0.2) is 0 Å². The second kappa shape index (κ2) is 7.54. The molecule has 114 valence electrons. The third-order valence-electron chi connectivity index (χ3n) is 3.05. The van der Waals surface area contributed by atoms with Crippen LogP contribution >= 0.6 is 11.3 Å². The molecule has 1 unspecified atom stereocenters. The highest BCUT2D eigenvalue weighted by molar-refractivity contribution is 7.19. The summed E-state index contributed by atoms with van der Waals surface area (Å²) in [4.78, 5) is 12.5. The van der Waals surface area contributed by atoms with E-state index in [2.05, 4.69) is 5.32 Å². The minimum Gasteiger partial charge on any atom is -0.386 e. The summed E-state index contributed by atoms with van der Waals surface area (Å²) in [6.07, 6.45) is -0.226. The molecule has 4 nitrogen and oxygen atoms in total. The summed E-state index contributed by atoms with van der Waals surface area (Å²) < 4.78 is 6.46. The Balaban J connectivity index is 1.81. The molecule has 0 aliphatic carbocycles. The van der Waals surface area contributed by atoms with Crippen LogP contribution in [0, 0.1) is 0 Å². The van der Waals surface area contributed by atoms with Crippen molar-refractivity contribution in [1.82, 2.24) is 5.32 Å². The molecule has 21 heavy (non-hydrogen) atoms. The molecule has 1 amide bonds. The number of ether oxygens (including phenoxy) is 1. The highest BCUT2D eigenvalue weighted by Gasteiger charge is 2.12. The summed E-state index contributed by atoms with van der Waals surface area (Å²) in [7, 11) is 0. The lowest BCUT2D eigenvalue weighted by molar-refractivity contribution is -0.122. The Kier molecular flexibility index (Phi) is 5.73. The molecule has 2 N–H and O–H groups in total. The number of nitrogens with one attached hydrogen (secondary N) is 1. The molecule has 2 rings (SSSR count). The Morgan fingerprint density at radius 2 is 2.14 bits per heavy atom. The zero-order valence-corrected chi connectivity index (χ0v) is 13.2. The molecular weight excluding hydrogens is 286 g/mol. The van der Waals surface area contributed by atoms with Crippen molar-refractivity contribution in [2.45, 2.75) is 32.5 Å². The van der Waals surface area contributed by atoms with Crippen molar-refractivity contribution in [3.63, 3.8) is 0 Å². The zero-order valence-electron chi connectivity index (χ0n) is 12.3. The van der Waals surface area contributed by atoms with E-state index in [4.69, 9.17) is 4.74 Å². The first-order valence-corrected chi connectivity index (χ1v) is 7.92. The fourth-order valence-electron chi connectivity index (χ4n) is 1.95. The van der Waals surface area contributed by atoms with Crippen LogP contribution in [-0.4, -0.2) is 30.3 Å². The van der Waals surface area contributed by atoms with Gasteiger partial charge in [0.25, 0.3) is 0 Å². The van der Waals surface area contributed by atoms with Crippen LogP contribution in [0.2, 0.25) is 0 Å². The third-order valence-corrected chi connectivity index (χ3v) is 4.26. The number of fused-ring (bicyclic) bond motifs is 1. The molecule has 0 spiro atoms. The maximum absolute atomic E-state index is 11.6. The highest BCUT2D eigenvalue weighted by atomic mass is 32.1. The molecule has 1 aromatic heterocycles. The molecule has 1 aromatic carbocycles. The van der Waals surface area contributed by atoms with E-state index in [1.54, 1.807) is 11.3 Å². The Morgan fingerprint density at radius 3 is 2.86 bits per heavy atom. The van der Waals surface area contributed by atoms with Gasteiger partial charge in [0.15, 0.2) is 0 Å². The first-order chi connectivity index (χ1) is 10.1. The minimum atomic E-state index is -0.669. The number of aliphatic hydroxyl groups is 1. The summed E-state index contributed by atoms with van der Waals surface area (Å²) in [5.41, 5.74) is 0. The fourth-order valence-corrected chi connectivity index (χ4v) is 3.00. The average molecular weight is 307 g/mol. The fraction of sp³-hybridized carbons (Fsp3) is 0.438. The number of rotatable bonds is 7. The lowest BCUT2D eigenvalue weighted by Crippen LogP contribution is -2.29. The molecule has 1 atom stereocenters. The predicted octanol–water partition coefficient (Wildman–Crippen LogP) is 2.87. The SMILES string of the molecule is CC(C)OCCC(=O)NCC(O)c1cc2ccccc2s1. The maximum Gasteiger partial charge on any atom is 0.222 e. The standard InChI is InChI=1S/C16H21NO3S/c1-11(2)20-8-7-16(19)17-10-13(18)15-9-12-5-3-4-6-14(12)21-15/h3-6,9,11,13,18H,7-8,10H2,1-2H3,(H,17,19). The van der Waals surface area contributed by atoms with Crippen LogP contribution in [0.1, 0.15) is 31.2 Å². The number of carbonyl (C=O) groups excluding carboxylic acids is 1. The van der Waals surface area contributed by atoms with E-state index >= 15 is 0 Å². The Bertz CT molecular complexity index is 561. The van der Waals surface area contributed by atoms with Crippen LogP contribution in [-0.2, 0) is 9.53 Å². The highest BCUT2D eigenvalue weighted by Crippen LogP contribution is 2.29. The van der Waals surface area contributed by atoms with Crippen LogP contribution in [0.15, 0.2) is 30.3 Å². The van der Waals surface area contributed by atoms with Gasteiger partial charge in [0.2, 0.25) is 5.91 Å². The number of hydrogen-bond acceptors (Lipinski definition) is 4. The van der Waals surface area contributed by atoms with Crippen LogP contribution in [0.4, 0.5) is 0 Å². The van der Waals surface area contributed by atoms with Gasteiger partial charge in [-0.15, -0.1) is 11.3 Å². The van der Waals surface area contributed by atoms with Crippen molar-refractivity contribution in [2.75, 3.05) is 13.2 Å². The normalized spacial score (nSPS) is 12.8. The maximum atomic E-state index is 11.6. The van der Waals surface area contributed by atoms with E-state index in [9.17, 15) is 9.90 Å². The lowest BCUT2D eigenvalue weighted by atomic mass is 10.2. The summed E-state index contributed by atoms with van der Waals surface area (Å²) in [5, 5.41) is 14.0. The molecule has 1 heterocycles. The van der Waals surface area contributed by atoms with Gasteiger partial charge in [-0.2, -0.15) is 0 Å². The van der Waals surface area contributed by atoms with E-state index < -0.39 is 6.10 Å². The van der Waals surface area contributed by atoms with Gasteiger partial charge in [0.05, 0.1) is 12.7 Å². The van der Waals surface area contributed by atoms with Crippen LogP contribution in [0.5, 0.6) is 0 Å². The van der Waals surface area contributed by atoms with Crippen molar-refractivity contribution in [2.24, 2.45) is 0 Å². The van der Waals surface area contributed by atoms with Gasteiger partial charge >= 0.3 is 0 Å². The van der Waals surface area contributed by atoms with Gasteiger partial charge < -0.3 is 15.2 Å². The predicted molar refractivity (Wildman–Crippen MR) is 85.5 cm³/mol. The molecule has 5 heteroatoms. The molecule has 0 bridgehead atoms. The quantitative estimate of drug-likeness (QED) is 0.827. The van der Waals surface area contributed by atoms with E-state index in [1.807, 2.05) is 44.2 Å². The first-order valence-electron chi connectivity index (χ1n) is 7.11. The smallest absolute Gasteiger partial charge is 0.222 e. The Hall–Kier alpha value is -1.43. The van der Waals surface area contributed by atoms with Gasteiger partial charge in [-0.3, -0.25) is 4.79 Å². The summed E-state index contributed by atoms with van der Waals surface area (Å²) in [6, 6.07) is 9.97. The van der Waals surface area contributed by atoms with Crippen molar-refractivity contribution >= 4 is 27.3 Å². The molecular formula is C16H21NO3S. The van der Waals surface area contributed by atoms with Gasteiger partial charge in [0.1, 0.15) is 6.10 Å². The zero-order chi connectivity index (χ0) is 15.2. The van der Waals surface area contributed by atoms with E-state index in [1.165, 1.54) is 0 Å². The number of carbonyl (C=O) groups is 1. The molecule has 0 saturated carbocycles. The molecule has 2 aromatic rings. The molecule has 0 aliphatic rings. The average Bonchev–Trinajstić information content (AvgIpc) is 2.88. The molecule has 0 radical (unpaired) electrons. The largest absolute Gasteiger partial charge is 0.386 e. The van der Waals surface area contributed by atoms with E-state index in [-0.39, 0.29) is 18.6 Å². The summed E-state index contributed by atoms with van der Waals surface area (Å²) in [5.74, 6) is -0.101. The van der Waals surface area contributed by atoms with Crippen LogP contribution < -0.4 is 5.32 Å². The Labute approximate surface area is 128 Å². The first kappa shape index (κ1) is 15.9. The lowest BCUT2D eigenvalue weighted by Gasteiger charge is -2.11. The Morgan fingerprint density at radius 1 is 1.38 bits per heavy atom. The number of amides is 1. The molecule has 0 fully saturated rings. The van der Waals surface area contributed by atoms with Gasteiger partial charge in [0, 0.05) is 22.5 Å². The van der Waals surface area contributed by atoms with Crippen molar-refractivity contribution in [3.05, 3.63) is 35.2 Å². The number of hydrogen-bond donors (Lipinski definition) is 2. The number of benzene rings is 1. The summed E-state index contributed by atoms with van der Waals surface area (Å²) >= 11 is 1.55. The van der Waals surface area contributed by atoms with E-state index in [0.717, 1.165) is 15.0 Å². The molecule has 0 aliphatic heterocycles.